The Balaban J connectivity index is 2.54. The molecular weight excluding hydrogens is 256 g/mol. The molecule has 0 aromatic heterocycles. The van der Waals surface area contributed by atoms with E-state index in [4.69, 9.17) is 9.47 Å². The Morgan fingerprint density at radius 1 is 1.30 bits per heavy atom. The summed E-state index contributed by atoms with van der Waals surface area (Å²) in [5.74, 6) is 1.46. The van der Waals surface area contributed by atoms with Crippen molar-refractivity contribution in [2.75, 3.05) is 27.3 Å². The van der Waals surface area contributed by atoms with E-state index in [0.717, 1.165) is 24.4 Å². The van der Waals surface area contributed by atoms with Gasteiger partial charge in [0.25, 0.3) is 0 Å². The Kier molecular flexibility index (Phi) is 7.50. The molecule has 1 aromatic carbocycles. The summed E-state index contributed by atoms with van der Waals surface area (Å²) in [7, 11) is 3.26. The SMILES string of the molecule is CCNCc1ccc(OC)c(OCCCC(=O)NC)c1. The van der Waals surface area contributed by atoms with Gasteiger partial charge in [0.15, 0.2) is 11.5 Å². The lowest BCUT2D eigenvalue weighted by Gasteiger charge is -2.12. The van der Waals surface area contributed by atoms with Crippen LogP contribution >= 0.6 is 0 Å². The Morgan fingerprint density at radius 3 is 2.75 bits per heavy atom. The van der Waals surface area contributed by atoms with Crippen LogP contribution in [0.15, 0.2) is 18.2 Å². The molecule has 0 bridgehead atoms. The molecule has 0 spiro atoms. The van der Waals surface area contributed by atoms with Crippen molar-refractivity contribution < 1.29 is 14.3 Å². The van der Waals surface area contributed by atoms with E-state index in [2.05, 4.69) is 17.6 Å². The van der Waals surface area contributed by atoms with Gasteiger partial charge in [-0.2, -0.15) is 0 Å². The molecular formula is C15H24N2O3. The molecule has 0 saturated carbocycles. The van der Waals surface area contributed by atoms with Crippen LogP contribution in [0.3, 0.4) is 0 Å². The topological polar surface area (TPSA) is 59.6 Å². The van der Waals surface area contributed by atoms with Crippen molar-refractivity contribution in [3.05, 3.63) is 23.8 Å². The van der Waals surface area contributed by atoms with E-state index >= 15 is 0 Å². The third kappa shape index (κ3) is 5.48. The minimum atomic E-state index is 0.0291. The fraction of sp³-hybridized carbons (Fsp3) is 0.533. The van der Waals surface area contributed by atoms with Gasteiger partial charge < -0.3 is 20.1 Å². The van der Waals surface area contributed by atoms with Gasteiger partial charge in [0.05, 0.1) is 13.7 Å². The quantitative estimate of drug-likeness (QED) is 0.676. The van der Waals surface area contributed by atoms with E-state index in [9.17, 15) is 4.79 Å². The summed E-state index contributed by atoms with van der Waals surface area (Å²) < 4.78 is 11.0. The Hall–Kier alpha value is -1.75. The molecule has 5 heteroatoms. The molecule has 112 valence electrons. The molecule has 0 radical (unpaired) electrons. The second kappa shape index (κ2) is 9.20. The highest BCUT2D eigenvalue weighted by Gasteiger charge is 2.06. The van der Waals surface area contributed by atoms with Gasteiger partial charge in [0.2, 0.25) is 5.91 Å². The fourth-order valence-corrected chi connectivity index (χ4v) is 1.75. The minimum absolute atomic E-state index is 0.0291. The molecule has 0 aliphatic carbocycles. The molecule has 0 aliphatic rings. The fourth-order valence-electron chi connectivity index (χ4n) is 1.75. The van der Waals surface area contributed by atoms with Crippen LogP contribution in [0.1, 0.15) is 25.3 Å². The summed E-state index contributed by atoms with van der Waals surface area (Å²) in [6.07, 6.45) is 1.15. The number of hydrogen-bond donors (Lipinski definition) is 2. The van der Waals surface area contributed by atoms with Gasteiger partial charge in [-0.15, -0.1) is 0 Å². The van der Waals surface area contributed by atoms with Crippen molar-refractivity contribution in [3.8, 4) is 11.5 Å². The average molecular weight is 280 g/mol. The maximum atomic E-state index is 11.1. The standard InChI is InChI=1S/C15H24N2O3/c1-4-17-11-12-7-8-13(19-3)14(10-12)20-9-5-6-15(18)16-2/h7-8,10,17H,4-6,9,11H2,1-3H3,(H,16,18). The van der Waals surface area contributed by atoms with E-state index in [0.29, 0.717) is 25.2 Å². The Bertz CT molecular complexity index is 422. The number of amides is 1. The first-order valence-corrected chi connectivity index (χ1v) is 6.92. The van der Waals surface area contributed by atoms with Crippen molar-refractivity contribution >= 4 is 5.91 Å². The number of nitrogens with one attached hydrogen (secondary N) is 2. The maximum Gasteiger partial charge on any atom is 0.219 e. The van der Waals surface area contributed by atoms with Crippen LogP contribution in [0.5, 0.6) is 11.5 Å². The molecule has 0 aliphatic heterocycles. The van der Waals surface area contributed by atoms with E-state index in [1.807, 2.05) is 18.2 Å². The third-order valence-electron chi connectivity index (χ3n) is 2.89. The number of hydrogen-bond acceptors (Lipinski definition) is 4. The highest BCUT2D eigenvalue weighted by molar-refractivity contribution is 5.75. The lowest BCUT2D eigenvalue weighted by molar-refractivity contribution is -0.120. The number of methoxy groups -OCH3 is 1. The van der Waals surface area contributed by atoms with Gasteiger partial charge in [0.1, 0.15) is 0 Å². The summed E-state index contributed by atoms with van der Waals surface area (Å²) >= 11 is 0. The molecule has 0 atom stereocenters. The monoisotopic (exact) mass is 280 g/mol. The predicted octanol–water partition coefficient (Wildman–Crippen LogP) is 1.71. The van der Waals surface area contributed by atoms with Crippen LogP contribution in [-0.4, -0.2) is 33.2 Å². The molecule has 1 rings (SSSR count). The molecule has 0 fully saturated rings. The molecule has 0 saturated heterocycles. The van der Waals surface area contributed by atoms with Gasteiger partial charge in [-0.05, 0) is 30.7 Å². The summed E-state index contributed by atoms with van der Waals surface area (Å²) in [6, 6.07) is 5.89. The second-order valence-corrected chi connectivity index (χ2v) is 4.39. The molecule has 5 nitrogen and oxygen atoms in total. The largest absolute Gasteiger partial charge is 0.493 e. The van der Waals surface area contributed by atoms with E-state index in [1.165, 1.54) is 0 Å². The summed E-state index contributed by atoms with van der Waals surface area (Å²) in [5, 5.41) is 5.86. The van der Waals surface area contributed by atoms with E-state index < -0.39 is 0 Å². The minimum Gasteiger partial charge on any atom is -0.493 e. The highest BCUT2D eigenvalue weighted by atomic mass is 16.5. The van der Waals surface area contributed by atoms with Gasteiger partial charge in [-0.1, -0.05) is 13.0 Å². The number of benzene rings is 1. The van der Waals surface area contributed by atoms with E-state index in [1.54, 1.807) is 14.2 Å². The van der Waals surface area contributed by atoms with Crippen LogP contribution < -0.4 is 20.1 Å². The summed E-state index contributed by atoms with van der Waals surface area (Å²) in [4.78, 5) is 11.1. The lowest BCUT2D eigenvalue weighted by Crippen LogP contribution is -2.18. The Labute approximate surface area is 120 Å². The maximum absolute atomic E-state index is 11.1. The molecule has 20 heavy (non-hydrogen) atoms. The smallest absolute Gasteiger partial charge is 0.219 e. The van der Waals surface area contributed by atoms with E-state index in [-0.39, 0.29) is 5.91 Å². The van der Waals surface area contributed by atoms with Crippen molar-refractivity contribution in [2.24, 2.45) is 0 Å². The lowest BCUT2D eigenvalue weighted by atomic mass is 10.2. The van der Waals surface area contributed by atoms with Crippen molar-refractivity contribution in [2.45, 2.75) is 26.3 Å². The first-order valence-electron chi connectivity index (χ1n) is 6.92. The number of ether oxygens (including phenoxy) is 2. The van der Waals surface area contributed by atoms with Gasteiger partial charge in [-0.25, -0.2) is 0 Å². The Morgan fingerprint density at radius 2 is 2.10 bits per heavy atom. The van der Waals surface area contributed by atoms with Gasteiger partial charge in [0, 0.05) is 20.0 Å². The number of rotatable bonds is 9. The predicted molar refractivity (Wildman–Crippen MR) is 79.2 cm³/mol. The zero-order chi connectivity index (χ0) is 14.8. The van der Waals surface area contributed by atoms with Crippen LogP contribution in [0.4, 0.5) is 0 Å². The van der Waals surface area contributed by atoms with Crippen LogP contribution in [0, 0.1) is 0 Å². The van der Waals surface area contributed by atoms with Crippen molar-refractivity contribution in [1.82, 2.24) is 10.6 Å². The highest BCUT2D eigenvalue weighted by Crippen LogP contribution is 2.28. The summed E-state index contributed by atoms with van der Waals surface area (Å²) in [5.41, 5.74) is 1.15. The zero-order valence-corrected chi connectivity index (χ0v) is 12.5. The van der Waals surface area contributed by atoms with Crippen molar-refractivity contribution in [3.63, 3.8) is 0 Å². The van der Waals surface area contributed by atoms with Crippen molar-refractivity contribution in [1.29, 1.82) is 0 Å². The van der Waals surface area contributed by atoms with Gasteiger partial charge in [-0.3, -0.25) is 4.79 Å². The zero-order valence-electron chi connectivity index (χ0n) is 12.5. The molecule has 2 N–H and O–H groups in total. The van der Waals surface area contributed by atoms with Crippen LogP contribution in [0.2, 0.25) is 0 Å². The number of carbonyl (C=O) groups is 1. The molecule has 0 heterocycles. The van der Waals surface area contributed by atoms with Crippen LogP contribution in [0.25, 0.3) is 0 Å². The normalized spacial score (nSPS) is 10.2. The molecule has 1 aromatic rings. The number of carbonyl (C=O) groups excluding carboxylic acids is 1. The third-order valence-corrected chi connectivity index (χ3v) is 2.89. The molecule has 0 unspecified atom stereocenters. The first-order chi connectivity index (χ1) is 9.71. The van der Waals surface area contributed by atoms with Crippen LogP contribution in [-0.2, 0) is 11.3 Å². The van der Waals surface area contributed by atoms with Gasteiger partial charge >= 0.3 is 0 Å². The average Bonchev–Trinajstić information content (AvgIpc) is 2.49. The molecule has 1 amide bonds. The second-order valence-electron chi connectivity index (χ2n) is 4.39. The summed E-state index contributed by atoms with van der Waals surface area (Å²) in [6.45, 7) is 4.29. The first kappa shape index (κ1) is 16.3.